The summed E-state index contributed by atoms with van der Waals surface area (Å²) in [7, 11) is 0. The van der Waals surface area contributed by atoms with Gasteiger partial charge in [-0.1, -0.05) is 66.7 Å². The lowest BCUT2D eigenvalue weighted by Crippen LogP contribution is -2.39. The van der Waals surface area contributed by atoms with Gasteiger partial charge in [0, 0.05) is 23.0 Å². The van der Waals surface area contributed by atoms with Crippen molar-refractivity contribution in [3.05, 3.63) is 100 Å². The van der Waals surface area contributed by atoms with Gasteiger partial charge in [0.2, 0.25) is 0 Å². The number of fused-ring (bicyclic) bond motifs is 1. The lowest BCUT2D eigenvalue weighted by atomic mass is 9.75. The number of pyridine rings is 1. The quantitative estimate of drug-likeness (QED) is 0.672. The highest BCUT2D eigenvalue weighted by Crippen LogP contribution is 2.69. The van der Waals surface area contributed by atoms with Crippen LogP contribution in [0.3, 0.4) is 0 Å². The summed E-state index contributed by atoms with van der Waals surface area (Å²) in [4.78, 5) is 9.90. The summed E-state index contributed by atoms with van der Waals surface area (Å²) in [5.41, 5.74) is 5.54. The summed E-state index contributed by atoms with van der Waals surface area (Å²) in [5, 5.41) is 2.43. The van der Waals surface area contributed by atoms with Crippen LogP contribution in [-0.2, 0) is 6.42 Å². The van der Waals surface area contributed by atoms with Gasteiger partial charge in [-0.3, -0.25) is 9.98 Å². The van der Waals surface area contributed by atoms with Gasteiger partial charge in [-0.2, -0.15) is 0 Å². The normalized spacial score (nSPS) is 26.6. The zero-order valence-corrected chi connectivity index (χ0v) is 16.5. The fourth-order valence-electron chi connectivity index (χ4n) is 5.62. The maximum absolute atomic E-state index is 5.03. The molecule has 0 amide bonds. The Labute approximate surface area is 171 Å². The van der Waals surface area contributed by atoms with Crippen LogP contribution in [0.4, 0.5) is 0 Å². The molecule has 6 rings (SSSR count). The Morgan fingerprint density at radius 1 is 0.931 bits per heavy atom. The highest BCUT2D eigenvalue weighted by atomic mass is 14.9. The van der Waals surface area contributed by atoms with Crippen LogP contribution in [0, 0.1) is 11.3 Å². The second-order valence-corrected chi connectivity index (χ2v) is 8.61. The van der Waals surface area contributed by atoms with Gasteiger partial charge in [0.25, 0.3) is 0 Å². The third kappa shape index (κ3) is 2.62. The van der Waals surface area contributed by atoms with Crippen LogP contribution in [-0.4, -0.2) is 11.2 Å². The first-order chi connectivity index (χ1) is 14.4. The predicted molar refractivity (Wildman–Crippen MR) is 118 cm³/mol. The third-order valence-electron chi connectivity index (χ3n) is 7.04. The standard InChI is InChI=1S/C27H24N2/c1-3-8-19(9-4-1)16-21-13-15-28-25-23(21)17-22-18-27(22)24(12-7-14-29-26(25)27)20-10-5-2-6-11-20/h1-6,8-11,13-15,17,22,24H,7,12,16,18H2. The minimum Gasteiger partial charge on any atom is -0.263 e. The molecular weight excluding hydrogens is 352 g/mol. The molecule has 3 atom stereocenters. The second kappa shape index (κ2) is 6.52. The number of hydrogen-bond acceptors (Lipinski definition) is 2. The van der Waals surface area contributed by atoms with Crippen LogP contribution in [0.15, 0.2) is 77.9 Å². The van der Waals surface area contributed by atoms with Crippen LogP contribution in [0.5, 0.6) is 0 Å². The summed E-state index contributed by atoms with van der Waals surface area (Å²) in [6, 6.07) is 24.0. The number of aliphatic imine (C=N–C) groups is 1. The van der Waals surface area contributed by atoms with Crippen LogP contribution in [0.2, 0.25) is 0 Å². The number of hydrogen-bond donors (Lipinski definition) is 0. The topological polar surface area (TPSA) is 25.2 Å². The van der Waals surface area contributed by atoms with Crippen molar-refractivity contribution in [2.45, 2.75) is 31.6 Å². The average molecular weight is 377 g/mol. The number of benzene rings is 2. The summed E-state index contributed by atoms with van der Waals surface area (Å²) >= 11 is 0. The Balaban J connectivity index is 1.53. The van der Waals surface area contributed by atoms with E-state index in [1.807, 2.05) is 6.20 Å². The van der Waals surface area contributed by atoms with Crippen LogP contribution < -0.4 is 10.6 Å². The van der Waals surface area contributed by atoms with E-state index in [-0.39, 0.29) is 5.41 Å². The van der Waals surface area contributed by atoms with Crippen molar-refractivity contribution in [3.63, 3.8) is 0 Å². The van der Waals surface area contributed by atoms with Crippen LogP contribution >= 0.6 is 0 Å². The molecule has 3 aliphatic rings. The smallest absolute Gasteiger partial charge is 0.0922 e. The van der Waals surface area contributed by atoms with Crippen molar-refractivity contribution in [2.24, 2.45) is 16.3 Å². The zero-order chi connectivity index (χ0) is 19.3. The molecule has 0 bridgehead atoms. The van der Waals surface area contributed by atoms with Crippen molar-refractivity contribution >= 4 is 18.0 Å². The summed E-state index contributed by atoms with van der Waals surface area (Å²) in [5.74, 6) is 1.10. The maximum Gasteiger partial charge on any atom is 0.0922 e. The van der Waals surface area contributed by atoms with E-state index >= 15 is 0 Å². The predicted octanol–water partition coefficient (Wildman–Crippen LogP) is 4.23. The molecule has 1 aliphatic heterocycles. The van der Waals surface area contributed by atoms with Gasteiger partial charge in [0.1, 0.15) is 0 Å². The lowest BCUT2D eigenvalue weighted by Gasteiger charge is -2.29. The Hall–Kier alpha value is -3.00. The van der Waals surface area contributed by atoms with Crippen LogP contribution in [0.1, 0.15) is 41.9 Å². The van der Waals surface area contributed by atoms with Gasteiger partial charge in [-0.15, -0.1) is 0 Å². The second-order valence-electron chi connectivity index (χ2n) is 8.61. The van der Waals surface area contributed by atoms with Crippen molar-refractivity contribution in [2.75, 3.05) is 0 Å². The highest BCUT2D eigenvalue weighted by molar-refractivity contribution is 5.75. The summed E-state index contributed by atoms with van der Waals surface area (Å²) < 4.78 is 0. The molecule has 1 spiro atoms. The first-order valence-corrected chi connectivity index (χ1v) is 10.7. The molecule has 1 saturated carbocycles. The zero-order valence-electron chi connectivity index (χ0n) is 16.5. The van der Waals surface area contributed by atoms with Crippen molar-refractivity contribution in [1.29, 1.82) is 0 Å². The maximum atomic E-state index is 5.03. The minimum atomic E-state index is 0.139. The van der Waals surface area contributed by atoms with E-state index < -0.39 is 0 Å². The molecule has 3 aromatic rings. The molecule has 2 heteroatoms. The van der Waals surface area contributed by atoms with Crippen molar-refractivity contribution in [3.8, 4) is 0 Å². The fourth-order valence-corrected chi connectivity index (χ4v) is 5.62. The van der Waals surface area contributed by atoms with Gasteiger partial charge >= 0.3 is 0 Å². The molecule has 2 aromatic carbocycles. The lowest BCUT2D eigenvalue weighted by molar-refractivity contribution is 0.463. The van der Waals surface area contributed by atoms with Crippen molar-refractivity contribution < 1.29 is 0 Å². The molecule has 3 unspecified atom stereocenters. The molecule has 1 fully saturated rings. The highest BCUT2D eigenvalue weighted by Gasteiger charge is 2.62. The molecular formula is C27H24N2. The summed E-state index contributed by atoms with van der Waals surface area (Å²) in [6.45, 7) is 0. The molecule has 0 saturated heterocycles. The molecule has 0 N–H and O–H groups in total. The largest absolute Gasteiger partial charge is 0.263 e. The number of aromatic nitrogens is 1. The van der Waals surface area contributed by atoms with E-state index in [1.165, 1.54) is 40.4 Å². The Kier molecular flexibility index (Phi) is 3.80. The van der Waals surface area contributed by atoms with Gasteiger partial charge in [0.15, 0.2) is 0 Å². The minimum absolute atomic E-state index is 0.139. The molecule has 29 heavy (non-hydrogen) atoms. The third-order valence-corrected chi connectivity index (χ3v) is 7.04. The average Bonchev–Trinajstić information content (AvgIpc) is 3.53. The molecule has 2 heterocycles. The molecule has 2 aliphatic carbocycles. The van der Waals surface area contributed by atoms with Crippen molar-refractivity contribution in [1.82, 2.24) is 4.98 Å². The first kappa shape index (κ1) is 16.9. The SMILES string of the molecule is C1=NC2=c3nccc(Cc4ccccc4)c3=CC3CC23C(c2ccccc2)CC1. The molecule has 142 valence electrons. The Morgan fingerprint density at radius 3 is 2.55 bits per heavy atom. The van der Waals surface area contributed by atoms with E-state index in [4.69, 9.17) is 9.98 Å². The van der Waals surface area contributed by atoms with Gasteiger partial charge < -0.3 is 0 Å². The fraction of sp³-hybridized carbons (Fsp3) is 0.259. The van der Waals surface area contributed by atoms with E-state index in [2.05, 4.69) is 79.0 Å². The molecule has 0 radical (unpaired) electrons. The first-order valence-electron chi connectivity index (χ1n) is 10.7. The van der Waals surface area contributed by atoms with Crippen LogP contribution in [0.25, 0.3) is 11.8 Å². The van der Waals surface area contributed by atoms with Gasteiger partial charge in [-0.05, 0) is 60.3 Å². The van der Waals surface area contributed by atoms with Gasteiger partial charge in [0.05, 0.1) is 11.0 Å². The monoisotopic (exact) mass is 376 g/mol. The van der Waals surface area contributed by atoms with E-state index in [0.29, 0.717) is 11.8 Å². The Bertz CT molecular complexity index is 1210. The molecule has 1 aromatic heterocycles. The van der Waals surface area contributed by atoms with E-state index in [1.54, 1.807) is 0 Å². The summed E-state index contributed by atoms with van der Waals surface area (Å²) in [6.07, 6.45) is 11.0. The Morgan fingerprint density at radius 2 is 1.72 bits per heavy atom. The van der Waals surface area contributed by atoms with Gasteiger partial charge in [-0.25, -0.2) is 0 Å². The van der Waals surface area contributed by atoms with E-state index in [9.17, 15) is 0 Å². The number of rotatable bonds is 3. The van der Waals surface area contributed by atoms with E-state index in [0.717, 1.165) is 18.2 Å². The number of nitrogens with zero attached hydrogens (tertiary/aromatic N) is 2. The molecule has 2 nitrogen and oxygen atoms in total.